The molecule has 0 bridgehead atoms. The lowest BCUT2D eigenvalue weighted by molar-refractivity contribution is 0.0343. The van der Waals surface area contributed by atoms with Gasteiger partial charge in [0.1, 0.15) is 0 Å². The van der Waals surface area contributed by atoms with Crippen LogP contribution in [0.5, 0.6) is 0 Å². The van der Waals surface area contributed by atoms with Crippen LogP contribution in [-0.2, 0) is 9.31 Å². The van der Waals surface area contributed by atoms with Gasteiger partial charge in [0, 0.05) is 34.1 Å². The molecule has 0 atom stereocenters. The predicted molar refractivity (Wildman–Crippen MR) is 67.5 cm³/mol. The molecule has 0 radical (unpaired) electrons. The molecule has 0 aromatic heterocycles. The fraction of sp³-hybridized carbons (Fsp3) is 0.455. The molecule has 5 heteroatoms. The minimum absolute atomic E-state index is 0.0571. The van der Waals surface area contributed by atoms with Gasteiger partial charge in [-0.15, -0.1) is 0 Å². The molecule has 2 nitrogen and oxygen atoms in total. The quantitative estimate of drug-likeness (QED) is 0.722. The van der Waals surface area contributed by atoms with Crippen LogP contribution in [0, 0.1) is 5.41 Å². The molecule has 1 aromatic carbocycles. The maximum atomic E-state index is 6.08. The molecule has 1 aliphatic heterocycles. The average molecular weight is 259 g/mol. The van der Waals surface area contributed by atoms with Gasteiger partial charge in [0.2, 0.25) is 0 Å². The largest absolute Gasteiger partial charge is 0.495 e. The Morgan fingerprint density at radius 2 is 1.81 bits per heavy atom. The molecule has 16 heavy (non-hydrogen) atoms. The highest BCUT2D eigenvalue weighted by molar-refractivity contribution is 6.65. The Morgan fingerprint density at radius 3 is 2.44 bits per heavy atom. The summed E-state index contributed by atoms with van der Waals surface area (Å²) in [5.41, 5.74) is 0.853. The lowest BCUT2D eigenvalue weighted by atomic mass is 9.76. The normalized spacial score (nSPS) is 19.9. The Hall–Kier alpha value is -0.215. The monoisotopic (exact) mass is 258 g/mol. The molecule has 1 aromatic rings. The second kappa shape index (κ2) is 4.57. The highest BCUT2D eigenvalue weighted by Crippen LogP contribution is 2.23. The van der Waals surface area contributed by atoms with E-state index in [1.165, 1.54) is 0 Å². The van der Waals surface area contributed by atoms with Gasteiger partial charge in [-0.1, -0.05) is 37.0 Å². The Balaban J connectivity index is 2.17. The van der Waals surface area contributed by atoms with Crippen molar-refractivity contribution in [3.63, 3.8) is 0 Å². The van der Waals surface area contributed by atoms with E-state index in [-0.39, 0.29) is 5.41 Å². The lowest BCUT2D eigenvalue weighted by Crippen LogP contribution is -2.47. The smallest absolute Gasteiger partial charge is 0.407 e. The molecule has 0 amide bonds. The van der Waals surface area contributed by atoms with Crippen molar-refractivity contribution in [2.24, 2.45) is 5.41 Å². The second-order valence-corrected chi connectivity index (χ2v) is 5.63. The van der Waals surface area contributed by atoms with Gasteiger partial charge >= 0.3 is 7.12 Å². The zero-order chi connectivity index (χ0) is 11.8. The topological polar surface area (TPSA) is 18.5 Å². The van der Waals surface area contributed by atoms with Gasteiger partial charge in [-0.3, -0.25) is 0 Å². The van der Waals surface area contributed by atoms with Crippen LogP contribution in [0.3, 0.4) is 0 Å². The summed E-state index contributed by atoms with van der Waals surface area (Å²) < 4.78 is 11.3. The first-order valence-electron chi connectivity index (χ1n) is 5.16. The van der Waals surface area contributed by atoms with E-state index in [4.69, 9.17) is 32.5 Å². The van der Waals surface area contributed by atoms with E-state index < -0.39 is 7.12 Å². The SMILES string of the molecule is CC1(C)COB(c2cc(Cl)ccc2Cl)OC1. The molecule has 1 fully saturated rings. The van der Waals surface area contributed by atoms with E-state index in [1.807, 2.05) is 0 Å². The molecular weight excluding hydrogens is 246 g/mol. The van der Waals surface area contributed by atoms with Gasteiger partial charge in [-0.25, -0.2) is 0 Å². The molecule has 0 saturated carbocycles. The molecule has 0 unspecified atom stereocenters. The summed E-state index contributed by atoms with van der Waals surface area (Å²) in [6.45, 7) is 5.51. The van der Waals surface area contributed by atoms with Gasteiger partial charge < -0.3 is 9.31 Å². The second-order valence-electron chi connectivity index (χ2n) is 4.78. The van der Waals surface area contributed by atoms with E-state index in [9.17, 15) is 0 Å². The highest BCUT2D eigenvalue weighted by atomic mass is 35.5. The van der Waals surface area contributed by atoms with Crippen molar-refractivity contribution in [3.05, 3.63) is 28.2 Å². The number of benzene rings is 1. The van der Waals surface area contributed by atoms with Crippen LogP contribution in [0.1, 0.15) is 13.8 Å². The van der Waals surface area contributed by atoms with E-state index >= 15 is 0 Å². The summed E-state index contributed by atoms with van der Waals surface area (Å²) in [4.78, 5) is 0. The standard InChI is InChI=1S/C11H13BCl2O2/c1-11(2)6-15-12(16-7-11)9-5-8(13)3-4-10(9)14/h3-5H,6-7H2,1-2H3. The fourth-order valence-corrected chi connectivity index (χ4v) is 1.95. The molecule has 1 saturated heterocycles. The van der Waals surface area contributed by atoms with Crippen molar-refractivity contribution in [1.82, 2.24) is 0 Å². The van der Waals surface area contributed by atoms with E-state index in [0.29, 0.717) is 23.3 Å². The van der Waals surface area contributed by atoms with Crippen LogP contribution in [0.15, 0.2) is 18.2 Å². The molecular formula is C11H13BCl2O2. The minimum Gasteiger partial charge on any atom is -0.407 e. The first kappa shape index (κ1) is 12.2. The predicted octanol–water partition coefficient (Wildman–Crippen LogP) is 2.76. The summed E-state index contributed by atoms with van der Waals surface area (Å²) in [7, 11) is -0.403. The number of hydrogen-bond donors (Lipinski definition) is 0. The third kappa shape index (κ3) is 2.72. The third-order valence-electron chi connectivity index (χ3n) is 2.46. The number of rotatable bonds is 1. The lowest BCUT2D eigenvalue weighted by Gasteiger charge is -2.33. The zero-order valence-electron chi connectivity index (χ0n) is 9.30. The summed E-state index contributed by atoms with van der Waals surface area (Å²) >= 11 is 12.0. The fourth-order valence-electron chi connectivity index (χ4n) is 1.57. The first-order valence-corrected chi connectivity index (χ1v) is 5.92. The van der Waals surface area contributed by atoms with Gasteiger partial charge in [-0.2, -0.15) is 0 Å². The van der Waals surface area contributed by atoms with Gasteiger partial charge in [-0.05, 0) is 18.2 Å². The van der Waals surface area contributed by atoms with Crippen molar-refractivity contribution in [1.29, 1.82) is 0 Å². The third-order valence-corrected chi connectivity index (χ3v) is 3.04. The Labute approximate surface area is 106 Å². The van der Waals surface area contributed by atoms with Crippen molar-refractivity contribution >= 4 is 35.8 Å². The van der Waals surface area contributed by atoms with Gasteiger partial charge in [0.15, 0.2) is 0 Å². The molecule has 1 heterocycles. The zero-order valence-corrected chi connectivity index (χ0v) is 10.8. The van der Waals surface area contributed by atoms with Crippen LogP contribution in [0.2, 0.25) is 10.0 Å². The van der Waals surface area contributed by atoms with Crippen molar-refractivity contribution in [2.45, 2.75) is 13.8 Å². The van der Waals surface area contributed by atoms with Crippen LogP contribution in [0.4, 0.5) is 0 Å². The summed E-state index contributed by atoms with van der Waals surface area (Å²) in [6.07, 6.45) is 0. The molecule has 1 aliphatic rings. The van der Waals surface area contributed by atoms with E-state index in [2.05, 4.69) is 13.8 Å². The number of halogens is 2. The highest BCUT2D eigenvalue weighted by Gasteiger charge is 2.34. The maximum Gasteiger partial charge on any atom is 0.495 e. The number of hydrogen-bond acceptors (Lipinski definition) is 2. The molecule has 0 spiro atoms. The molecule has 0 aliphatic carbocycles. The minimum atomic E-state index is -0.403. The average Bonchev–Trinajstić information content (AvgIpc) is 2.22. The van der Waals surface area contributed by atoms with E-state index in [0.717, 1.165) is 5.46 Å². The van der Waals surface area contributed by atoms with Crippen LogP contribution < -0.4 is 5.46 Å². The van der Waals surface area contributed by atoms with Crippen LogP contribution in [-0.4, -0.2) is 20.3 Å². The van der Waals surface area contributed by atoms with Gasteiger partial charge in [0.25, 0.3) is 0 Å². The van der Waals surface area contributed by atoms with Crippen molar-refractivity contribution in [3.8, 4) is 0 Å². The van der Waals surface area contributed by atoms with E-state index in [1.54, 1.807) is 18.2 Å². The Bertz CT molecular complexity index is 386. The molecule has 2 rings (SSSR count). The Kier molecular flexibility index (Phi) is 3.50. The first-order chi connectivity index (χ1) is 7.48. The Morgan fingerprint density at radius 1 is 1.19 bits per heavy atom. The summed E-state index contributed by atoms with van der Waals surface area (Å²) in [5.74, 6) is 0. The maximum absolute atomic E-state index is 6.08. The molecule has 0 N–H and O–H groups in total. The van der Waals surface area contributed by atoms with Crippen molar-refractivity contribution in [2.75, 3.05) is 13.2 Å². The summed E-state index contributed by atoms with van der Waals surface area (Å²) in [5, 5.41) is 1.26. The molecule has 86 valence electrons. The van der Waals surface area contributed by atoms with Crippen LogP contribution >= 0.6 is 23.2 Å². The van der Waals surface area contributed by atoms with Crippen LogP contribution in [0.25, 0.3) is 0 Å². The van der Waals surface area contributed by atoms with Gasteiger partial charge in [0.05, 0.1) is 0 Å². The van der Waals surface area contributed by atoms with Crippen molar-refractivity contribution < 1.29 is 9.31 Å². The summed E-state index contributed by atoms with van der Waals surface area (Å²) in [6, 6.07) is 5.29.